The fourth-order valence-electron chi connectivity index (χ4n) is 3.73. The Labute approximate surface area is 210 Å². The molecule has 1 aliphatic heterocycles. The van der Waals surface area contributed by atoms with Crippen molar-refractivity contribution >= 4 is 40.6 Å². The summed E-state index contributed by atoms with van der Waals surface area (Å²) in [6.07, 6.45) is 0. The first kappa shape index (κ1) is 25.2. The average Bonchev–Trinajstić information content (AvgIpc) is 3.16. The van der Waals surface area contributed by atoms with Gasteiger partial charge in [0.25, 0.3) is 34.8 Å². The molecule has 0 aromatic heterocycles. The van der Waals surface area contributed by atoms with E-state index in [-0.39, 0.29) is 28.1 Å². The van der Waals surface area contributed by atoms with Gasteiger partial charge >= 0.3 is 0 Å². The lowest BCUT2D eigenvalue weighted by Gasteiger charge is -2.29. The van der Waals surface area contributed by atoms with Crippen molar-refractivity contribution in [3.05, 3.63) is 119 Å². The Morgan fingerprint density at radius 3 is 1.74 bits per heavy atom. The second-order valence-electron chi connectivity index (χ2n) is 7.77. The largest absolute Gasteiger partial charge is 0.292 e. The number of carbonyl (C=O) groups excluding carboxylic acids is 4. The summed E-state index contributed by atoms with van der Waals surface area (Å²) >= 11 is 0. The third-order valence-corrected chi connectivity index (χ3v) is 5.56. The molecule has 0 saturated heterocycles. The second kappa shape index (κ2) is 9.65. The topological polar surface area (TPSA) is 204 Å². The molecule has 0 unspecified atom stereocenters. The van der Waals surface area contributed by atoms with Gasteiger partial charge in [0.15, 0.2) is 5.78 Å². The van der Waals surface area contributed by atoms with Crippen molar-refractivity contribution in [2.45, 2.75) is 0 Å². The summed E-state index contributed by atoms with van der Waals surface area (Å²) in [5, 5.41) is 34.1. The molecule has 38 heavy (non-hydrogen) atoms. The third kappa shape index (κ3) is 4.41. The van der Waals surface area contributed by atoms with Gasteiger partial charge in [-0.15, -0.1) is 0 Å². The van der Waals surface area contributed by atoms with Crippen molar-refractivity contribution in [3.8, 4) is 0 Å². The Balaban J connectivity index is 1.76. The Bertz CT molecular complexity index is 1550. The molecule has 0 N–H and O–H groups in total. The van der Waals surface area contributed by atoms with Crippen LogP contribution in [0.5, 0.6) is 0 Å². The first-order chi connectivity index (χ1) is 18.0. The van der Waals surface area contributed by atoms with Gasteiger partial charge in [-0.1, -0.05) is 6.07 Å². The van der Waals surface area contributed by atoms with E-state index in [9.17, 15) is 49.5 Å². The number of hydrogen-bond donors (Lipinski definition) is 0. The van der Waals surface area contributed by atoms with Crippen LogP contribution in [0.3, 0.4) is 0 Å². The van der Waals surface area contributed by atoms with Crippen molar-refractivity contribution < 1.29 is 33.9 Å². The van der Waals surface area contributed by atoms with E-state index >= 15 is 0 Å². The Morgan fingerprint density at radius 1 is 0.711 bits per heavy atom. The number of benzene rings is 3. The van der Waals surface area contributed by atoms with Gasteiger partial charge in [-0.3, -0.25) is 49.5 Å². The molecule has 0 fully saturated rings. The second-order valence-corrected chi connectivity index (χ2v) is 7.77. The lowest BCUT2D eigenvalue weighted by atomic mass is 10.1. The molecule has 15 nitrogen and oxygen atoms in total. The van der Waals surface area contributed by atoms with Crippen LogP contribution in [0.15, 0.2) is 66.7 Å². The minimum Gasteiger partial charge on any atom is -0.292 e. The zero-order valence-electron chi connectivity index (χ0n) is 18.9. The van der Waals surface area contributed by atoms with Gasteiger partial charge in [-0.05, 0) is 30.3 Å². The summed E-state index contributed by atoms with van der Waals surface area (Å²) in [5.41, 5.74) is -2.63. The SMILES string of the molecule is O=C(CN(C(=O)c1ccc([N+](=O)[O-])cc1)N1C(=O)c2cccc([N+](=O)[O-])c2C1=O)c1ccc([N+](=O)[O-])cc1. The van der Waals surface area contributed by atoms with Crippen LogP contribution in [0.25, 0.3) is 0 Å². The van der Waals surface area contributed by atoms with Gasteiger partial charge in [-0.25, -0.2) is 5.01 Å². The van der Waals surface area contributed by atoms with E-state index in [1.807, 2.05) is 0 Å². The number of ketones is 1. The average molecular weight is 519 g/mol. The Kier molecular flexibility index (Phi) is 6.41. The van der Waals surface area contributed by atoms with E-state index < -0.39 is 56.1 Å². The molecule has 3 aromatic carbocycles. The Hall–Kier alpha value is -5.86. The zero-order valence-corrected chi connectivity index (χ0v) is 18.9. The number of fused-ring (bicyclic) bond motifs is 1. The fourth-order valence-corrected chi connectivity index (χ4v) is 3.73. The Morgan fingerprint density at radius 2 is 1.24 bits per heavy atom. The molecule has 0 atom stereocenters. The molecule has 1 aliphatic rings. The van der Waals surface area contributed by atoms with Crippen molar-refractivity contribution in [2.24, 2.45) is 0 Å². The molecule has 15 heteroatoms. The standard InChI is InChI=1S/C23H13N5O10/c29-19(13-4-8-15(9-5-13)26(33)34)12-24(21(30)14-6-10-16(11-7-14)27(35)36)25-22(31)17-2-1-3-18(28(37)38)20(17)23(25)32/h1-11H,12H2. The van der Waals surface area contributed by atoms with Crippen LogP contribution >= 0.6 is 0 Å². The predicted octanol–water partition coefficient (Wildman–Crippen LogP) is 2.95. The molecule has 1 heterocycles. The normalized spacial score (nSPS) is 12.2. The van der Waals surface area contributed by atoms with Crippen LogP contribution in [0.1, 0.15) is 41.4 Å². The predicted molar refractivity (Wildman–Crippen MR) is 125 cm³/mol. The smallest absolute Gasteiger partial charge is 0.287 e. The monoisotopic (exact) mass is 519 g/mol. The van der Waals surface area contributed by atoms with E-state index in [2.05, 4.69) is 0 Å². The molecule has 0 radical (unpaired) electrons. The molecule has 0 aliphatic carbocycles. The summed E-state index contributed by atoms with van der Waals surface area (Å²) < 4.78 is 0. The molecule has 4 rings (SSSR count). The summed E-state index contributed by atoms with van der Waals surface area (Å²) in [6.45, 7) is -0.924. The van der Waals surface area contributed by atoms with Crippen LogP contribution < -0.4 is 0 Å². The van der Waals surface area contributed by atoms with Crippen molar-refractivity contribution in [3.63, 3.8) is 0 Å². The number of Topliss-reactive ketones (excluding diaryl/α,β-unsaturated/α-hetero) is 1. The molecular formula is C23H13N5O10. The van der Waals surface area contributed by atoms with Crippen LogP contribution in [-0.4, -0.2) is 54.8 Å². The molecule has 0 saturated carbocycles. The van der Waals surface area contributed by atoms with E-state index in [1.165, 1.54) is 6.07 Å². The van der Waals surface area contributed by atoms with Gasteiger partial charge in [-0.2, -0.15) is 5.01 Å². The highest BCUT2D eigenvalue weighted by atomic mass is 16.6. The summed E-state index contributed by atoms with van der Waals surface area (Å²) in [7, 11) is 0. The maximum Gasteiger partial charge on any atom is 0.287 e. The molecular weight excluding hydrogens is 506 g/mol. The van der Waals surface area contributed by atoms with Crippen molar-refractivity contribution in [1.82, 2.24) is 10.0 Å². The number of rotatable bonds is 8. The number of nitrogens with zero attached hydrogens (tertiary/aromatic N) is 5. The van der Waals surface area contributed by atoms with Gasteiger partial charge in [0, 0.05) is 41.5 Å². The summed E-state index contributed by atoms with van der Waals surface area (Å²) in [6, 6.07) is 11.7. The number of imide groups is 1. The first-order valence-corrected chi connectivity index (χ1v) is 10.5. The number of non-ortho nitro benzene ring substituents is 2. The number of nitro groups is 3. The summed E-state index contributed by atoms with van der Waals surface area (Å²) in [4.78, 5) is 83.9. The number of amides is 3. The van der Waals surface area contributed by atoms with Crippen molar-refractivity contribution in [1.29, 1.82) is 0 Å². The molecule has 0 spiro atoms. The van der Waals surface area contributed by atoms with Crippen LogP contribution in [0, 0.1) is 30.3 Å². The third-order valence-electron chi connectivity index (χ3n) is 5.56. The van der Waals surface area contributed by atoms with Gasteiger partial charge in [0.2, 0.25) is 0 Å². The first-order valence-electron chi connectivity index (χ1n) is 10.5. The molecule has 3 aromatic rings. The van der Waals surface area contributed by atoms with E-state index in [0.29, 0.717) is 10.0 Å². The molecule has 3 amide bonds. The van der Waals surface area contributed by atoms with E-state index in [0.717, 1.165) is 60.7 Å². The van der Waals surface area contributed by atoms with Gasteiger partial charge < -0.3 is 0 Å². The van der Waals surface area contributed by atoms with Gasteiger partial charge in [0.05, 0.1) is 20.3 Å². The van der Waals surface area contributed by atoms with Crippen molar-refractivity contribution in [2.75, 3.05) is 6.54 Å². The summed E-state index contributed by atoms with van der Waals surface area (Å²) in [5.74, 6) is -4.27. The van der Waals surface area contributed by atoms with Crippen LogP contribution in [0.4, 0.5) is 17.1 Å². The van der Waals surface area contributed by atoms with E-state index in [1.54, 1.807) is 0 Å². The number of hydrogen-bond acceptors (Lipinski definition) is 10. The van der Waals surface area contributed by atoms with Crippen LogP contribution in [-0.2, 0) is 0 Å². The fraction of sp³-hybridized carbons (Fsp3) is 0.0435. The molecule has 190 valence electrons. The highest BCUT2D eigenvalue weighted by Gasteiger charge is 2.46. The van der Waals surface area contributed by atoms with E-state index in [4.69, 9.17) is 0 Å². The maximum absolute atomic E-state index is 13.4. The number of nitro benzene ring substituents is 3. The lowest BCUT2D eigenvalue weighted by molar-refractivity contribution is -0.385. The minimum atomic E-state index is -1.23. The lowest BCUT2D eigenvalue weighted by Crippen LogP contribution is -2.51. The quantitative estimate of drug-likeness (QED) is 0.184. The number of carbonyl (C=O) groups is 4. The highest BCUT2D eigenvalue weighted by Crippen LogP contribution is 2.32. The maximum atomic E-state index is 13.4. The van der Waals surface area contributed by atoms with Gasteiger partial charge in [0.1, 0.15) is 12.1 Å². The molecule has 0 bridgehead atoms. The zero-order chi connectivity index (χ0) is 27.7. The number of hydrazine groups is 1. The minimum absolute atomic E-state index is 0.0975. The van der Waals surface area contributed by atoms with Crippen LogP contribution in [0.2, 0.25) is 0 Å². The highest BCUT2D eigenvalue weighted by molar-refractivity contribution is 6.24.